The monoisotopic (exact) mass is 429 g/mol. The van der Waals surface area contributed by atoms with Crippen molar-refractivity contribution in [2.45, 2.75) is 24.2 Å². The molecular weight excluding hydrogens is 410 g/mol. The number of nitrogens with zero attached hydrogens (tertiary/aromatic N) is 3. The molecule has 136 valence electrons. The summed E-state index contributed by atoms with van der Waals surface area (Å²) in [4.78, 5) is 12.0. The van der Waals surface area contributed by atoms with Crippen LogP contribution in [0.25, 0.3) is 0 Å². The molecule has 10 heteroatoms. The molecule has 1 amide bonds. The maximum Gasteiger partial charge on any atom is 0.240 e. The number of hydrogen-bond acceptors (Lipinski definition) is 5. The molecule has 2 aromatic rings. The van der Waals surface area contributed by atoms with E-state index in [9.17, 15) is 13.2 Å². The molecule has 0 aliphatic heterocycles. The second-order valence-electron chi connectivity index (χ2n) is 5.61. The summed E-state index contributed by atoms with van der Waals surface area (Å²) < 4.78 is 29.2. The highest BCUT2D eigenvalue weighted by atomic mass is 79.9. The highest BCUT2D eigenvalue weighted by Gasteiger charge is 2.15. The Kier molecular flexibility index (Phi) is 6.68. The molecule has 2 N–H and O–H groups in total. The first kappa shape index (κ1) is 19.5. The summed E-state index contributed by atoms with van der Waals surface area (Å²) in [5.74, 6) is 0.555. The summed E-state index contributed by atoms with van der Waals surface area (Å²) in [6.07, 6.45) is 1.66. The Morgan fingerprint density at radius 1 is 1.32 bits per heavy atom. The van der Waals surface area contributed by atoms with Crippen LogP contribution in [0.4, 0.5) is 0 Å². The molecule has 2 rings (SSSR count). The van der Waals surface area contributed by atoms with Crippen molar-refractivity contribution in [3.05, 3.63) is 40.9 Å². The van der Waals surface area contributed by atoms with E-state index in [1.807, 2.05) is 14.0 Å². The zero-order chi connectivity index (χ0) is 18.4. The Labute approximate surface area is 155 Å². The molecule has 0 saturated carbocycles. The van der Waals surface area contributed by atoms with Crippen LogP contribution in [0.2, 0.25) is 0 Å². The minimum atomic E-state index is -3.62. The highest BCUT2D eigenvalue weighted by molar-refractivity contribution is 9.10. The van der Waals surface area contributed by atoms with Crippen molar-refractivity contribution in [2.75, 3.05) is 13.1 Å². The highest BCUT2D eigenvalue weighted by Crippen LogP contribution is 2.14. The minimum Gasteiger partial charge on any atom is -0.355 e. The van der Waals surface area contributed by atoms with E-state index in [4.69, 9.17) is 0 Å². The van der Waals surface area contributed by atoms with Crippen molar-refractivity contribution >= 4 is 31.9 Å². The summed E-state index contributed by atoms with van der Waals surface area (Å²) in [7, 11) is -1.78. The summed E-state index contributed by atoms with van der Waals surface area (Å²) in [5, 5.41) is 10.6. The number of hydrogen-bond donors (Lipinski definition) is 2. The average molecular weight is 430 g/mol. The van der Waals surface area contributed by atoms with E-state index in [0.717, 1.165) is 10.3 Å². The van der Waals surface area contributed by atoms with Gasteiger partial charge in [-0.05, 0) is 24.3 Å². The lowest BCUT2D eigenvalue weighted by Gasteiger charge is -2.12. The van der Waals surface area contributed by atoms with Crippen LogP contribution < -0.4 is 10.0 Å². The molecule has 0 fully saturated rings. The Morgan fingerprint density at radius 3 is 2.60 bits per heavy atom. The second kappa shape index (κ2) is 8.54. The molecule has 0 spiro atoms. The minimum absolute atomic E-state index is 0.0101. The van der Waals surface area contributed by atoms with Gasteiger partial charge in [-0.2, -0.15) is 0 Å². The fourth-order valence-electron chi connectivity index (χ4n) is 2.18. The van der Waals surface area contributed by atoms with E-state index in [0.29, 0.717) is 6.54 Å². The quantitative estimate of drug-likeness (QED) is 0.654. The summed E-state index contributed by atoms with van der Waals surface area (Å²) in [5.41, 5.74) is 0. The predicted molar refractivity (Wildman–Crippen MR) is 96.4 cm³/mol. The maximum atomic E-state index is 12.1. The molecule has 1 unspecified atom stereocenters. The lowest BCUT2D eigenvalue weighted by atomic mass is 10.1. The molecule has 1 aromatic heterocycles. The fourth-order valence-corrected chi connectivity index (χ4v) is 3.48. The SMILES string of the molecule is CC(CNC(=O)CCNS(=O)(=O)c1ccc(Br)cc1)c1nncn1C. The van der Waals surface area contributed by atoms with Crippen molar-refractivity contribution in [1.29, 1.82) is 0 Å². The Morgan fingerprint density at radius 2 is 2.00 bits per heavy atom. The molecule has 0 bridgehead atoms. The summed E-state index contributed by atoms with van der Waals surface area (Å²) in [6.45, 7) is 2.37. The maximum absolute atomic E-state index is 12.1. The number of sulfonamides is 1. The first-order chi connectivity index (χ1) is 11.8. The number of carbonyl (C=O) groups is 1. The van der Waals surface area contributed by atoms with E-state index in [-0.39, 0.29) is 29.7 Å². The molecule has 1 heterocycles. The molecule has 0 aliphatic rings. The molecular formula is C15H20BrN5O3S. The lowest BCUT2D eigenvalue weighted by molar-refractivity contribution is -0.121. The molecule has 25 heavy (non-hydrogen) atoms. The largest absolute Gasteiger partial charge is 0.355 e. The number of carbonyl (C=O) groups excluding carboxylic acids is 1. The Bertz CT molecular complexity index is 820. The number of halogens is 1. The van der Waals surface area contributed by atoms with Gasteiger partial charge in [0, 0.05) is 36.9 Å². The van der Waals surface area contributed by atoms with Gasteiger partial charge in [-0.3, -0.25) is 4.79 Å². The Hall–Kier alpha value is -1.78. The van der Waals surface area contributed by atoms with E-state index in [1.54, 1.807) is 23.0 Å². The van der Waals surface area contributed by atoms with Crippen LogP contribution in [-0.2, 0) is 21.9 Å². The van der Waals surface area contributed by atoms with Crippen LogP contribution in [0.1, 0.15) is 25.1 Å². The molecule has 1 aromatic carbocycles. The first-order valence-corrected chi connectivity index (χ1v) is 9.93. The van der Waals surface area contributed by atoms with Crippen LogP contribution in [0.5, 0.6) is 0 Å². The zero-order valence-electron chi connectivity index (χ0n) is 13.9. The first-order valence-electron chi connectivity index (χ1n) is 7.65. The van der Waals surface area contributed by atoms with Gasteiger partial charge in [0.2, 0.25) is 15.9 Å². The normalized spacial score (nSPS) is 12.8. The Balaban J connectivity index is 1.76. The average Bonchev–Trinajstić information content (AvgIpc) is 2.99. The van der Waals surface area contributed by atoms with E-state index in [1.165, 1.54) is 12.1 Å². The van der Waals surface area contributed by atoms with Crippen molar-refractivity contribution < 1.29 is 13.2 Å². The smallest absolute Gasteiger partial charge is 0.240 e. The summed E-state index contributed by atoms with van der Waals surface area (Å²) >= 11 is 3.25. The van der Waals surface area contributed by atoms with Gasteiger partial charge < -0.3 is 9.88 Å². The van der Waals surface area contributed by atoms with Gasteiger partial charge in [-0.15, -0.1) is 10.2 Å². The van der Waals surface area contributed by atoms with Crippen LogP contribution >= 0.6 is 15.9 Å². The van der Waals surface area contributed by atoms with Gasteiger partial charge in [0.1, 0.15) is 12.2 Å². The number of benzene rings is 1. The van der Waals surface area contributed by atoms with Crippen LogP contribution in [-0.4, -0.2) is 42.2 Å². The van der Waals surface area contributed by atoms with Gasteiger partial charge in [-0.25, -0.2) is 13.1 Å². The van der Waals surface area contributed by atoms with Gasteiger partial charge in [0.25, 0.3) is 0 Å². The van der Waals surface area contributed by atoms with Gasteiger partial charge in [0.05, 0.1) is 4.90 Å². The molecule has 0 aliphatic carbocycles. The number of rotatable bonds is 8. The molecule has 0 saturated heterocycles. The van der Waals surface area contributed by atoms with Crippen LogP contribution in [0, 0.1) is 0 Å². The lowest BCUT2D eigenvalue weighted by Crippen LogP contribution is -2.32. The molecule has 8 nitrogen and oxygen atoms in total. The third kappa shape index (κ3) is 5.62. The number of nitrogens with one attached hydrogen (secondary N) is 2. The zero-order valence-corrected chi connectivity index (χ0v) is 16.3. The van der Waals surface area contributed by atoms with Crippen molar-refractivity contribution in [3.8, 4) is 0 Å². The molecule has 0 radical (unpaired) electrons. The van der Waals surface area contributed by atoms with Crippen molar-refractivity contribution in [1.82, 2.24) is 24.8 Å². The van der Waals surface area contributed by atoms with Gasteiger partial charge in [-0.1, -0.05) is 22.9 Å². The van der Waals surface area contributed by atoms with Crippen LogP contribution in [0.15, 0.2) is 40.0 Å². The third-order valence-corrected chi connectivity index (χ3v) is 5.57. The van der Waals surface area contributed by atoms with Crippen molar-refractivity contribution in [3.63, 3.8) is 0 Å². The van der Waals surface area contributed by atoms with E-state index in [2.05, 4.69) is 36.2 Å². The topological polar surface area (TPSA) is 106 Å². The second-order valence-corrected chi connectivity index (χ2v) is 8.29. The van der Waals surface area contributed by atoms with Crippen molar-refractivity contribution in [2.24, 2.45) is 7.05 Å². The fraction of sp³-hybridized carbons (Fsp3) is 0.400. The van der Waals surface area contributed by atoms with Crippen LogP contribution in [0.3, 0.4) is 0 Å². The standard InChI is InChI=1S/C15H20BrN5O3S/c1-11(15-20-18-10-21(15)2)9-17-14(22)7-8-19-25(23,24)13-5-3-12(16)4-6-13/h3-6,10-11,19H,7-9H2,1-2H3,(H,17,22). The van der Waals surface area contributed by atoms with Gasteiger partial charge >= 0.3 is 0 Å². The van der Waals surface area contributed by atoms with E-state index < -0.39 is 10.0 Å². The third-order valence-electron chi connectivity index (χ3n) is 3.56. The van der Waals surface area contributed by atoms with Gasteiger partial charge in [0.15, 0.2) is 0 Å². The molecule has 1 atom stereocenters. The summed E-state index contributed by atoms with van der Waals surface area (Å²) in [6, 6.07) is 6.29. The predicted octanol–water partition coefficient (Wildman–Crippen LogP) is 1.17. The van der Waals surface area contributed by atoms with E-state index >= 15 is 0 Å². The number of aryl methyl sites for hydroxylation is 1. The number of amides is 1. The number of aromatic nitrogens is 3.